The quantitative estimate of drug-likeness (QED) is 0.449. The van der Waals surface area contributed by atoms with E-state index in [-0.39, 0.29) is 17.0 Å². The van der Waals surface area contributed by atoms with Crippen LogP contribution >= 0.6 is 11.3 Å². The van der Waals surface area contributed by atoms with Gasteiger partial charge in [-0.1, -0.05) is 17.9 Å². The Kier molecular flexibility index (Phi) is 4.61. The number of hydrogen-bond donors (Lipinski definition) is 0. The maximum atomic E-state index is 3.69. The van der Waals surface area contributed by atoms with Gasteiger partial charge in [-0.2, -0.15) is 4.57 Å². The van der Waals surface area contributed by atoms with E-state index in [1.54, 1.807) is 11.3 Å². The number of rotatable bonds is 2. The topological polar surface area (TPSA) is 3.88 Å². The Hall–Kier alpha value is -0.150. The lowest BCUT2D eigenvalue weighted by molar-refractivity contribution is -0.688. The Morgan fingerprint density at radius 1 is 1.64 bits per heavy atom. The summed E-state index contributed by atoms with van der Waals surface area (Å²) in [6, 6.07) is 0. The molecule has 0 saturated carbocycles. The second-order valence-corrected chi connectivity index (χ2v) is 3.36. The molecule has 0 N–H and O–H groups in total. The van der Waals surface area contributed by atoms with Gasteiger partial charge in [-0.05, 0) is 13.0 Å². The molecule has 0 bridgehead atoms. The predicted octanol–water partition coefficient (Wildman–Crippen LogP) is -1.16. The third kappa shape index (κ3) is 2.42. The largest absolute Gasteiger partial charge is 1.00 e. The van der Waals surface area contributed by atoms with Crippen molar-refractivity contribution in [2.45, 2.75) is 20.4 Å². The first-order valence-electron chi connectivity index (χ1n) is 3.30. The van der Waals surface area contributed by atoms with Crippen molar-refractivity contribution in [1.82, 2.24) is 0 Å². The third-order valence-corrected chi connectivity index (χ3v) is 2.63. The molecule has 62 valence electrons. The molecule has 11 heavy (non-hydrogen) atoms. The van der Waals surface area contributed by atoms with Crippen LogP contribution in [0.5, 0.6) is 0 Å². The summed E-state index contributed by atoms with van der Waals surface area (Å²) in [5.74, 6) is 0. The first kappa shape index (κ1) is 10.8. The number of thiazole rings is 1. The predicted molar refractivity (Wildman–Crippen MR) is 44.2 cm³/mol. The van der Waals surface area contributed by atoms with Crippen molar-refractivity contribution in [2.24, 2.45) is 0 Å². The van der Waals surface area contributed by atoms with E-state index in [1.807, 2.05) is 6.08 Å². The summed E-state index contributed by atoms with van der Waals surface area (Å²) in [6.07, 6.45) is 1.92. The summed E-state index contributed by atoms with van der Waals surface area (Å²) < 4.78 is 2.20. The van der Waals surface area contributed by atoms with Crippen molar-refractivity contribution in [2.75, 3.05) is 0 Å². The Bertz CT molecular complexity index is 242. The van der Waals surface area contributed by atoms with E-state index in [4.69, 9.17) is 0 Å². The van der Waals surface area contributed by atoms with Crippen LogP contribution in [0.4, 0.5) is 0 Å². The van der Waals surface area contributed by atoms with Gasteiger partial charge < -0.3 is 17.0 Å². The number of aryl methyl sites for hydroxylation is 1. The first-order chi connectivity index (χ1) is 4.75. The van der Waals surface area contributed by atoms with E-state index in [0.29, 0.717) is 0 Å². The minimum atomic E-state index is 0. The molecule has 1 aromatic heterocycles. The molecule has 0 aliphatic carbocycles. The van der Waals surface area contributed by atoms with E-state index in [9.17, 15) is 0 Å². The molecule has 0 fully saturated rings. The number of hydrogen-bond acceptors (Lipinski definition) is 1. The molecule has 0 radical (unpaired) electrons. The van der Waals surface area contributed by atoms with E-state index in [1.165, 1.54) is 10.6 Å². The van der Waals surface area contributed by atoms with Crippen molar-refractivity contribution >= 4 is 11.3 Å². The van der Waals surface area contributed by atoms with Crippen LogP contribution < -0.4 is 21.5 Å². The Morgan fingerprint density at radius 2 is 2.27 bits per heavy atom. The van der Waals surface area contributed by atoms with Crippen LogP contribution in [0.1, 0.15) is 10.6 Å². The molecule has 0 amide bonds. The van der Waals surface area contributed by atoms with Crippen LogP contribution in [0.2, 0.25) is 0 Å². The molecule has 0 aliphatic rings. The normalized spacial score (nSPS) is 8.91. The monoisotopic (exact) mass is 233 g/mol. The summed E-state index contributed by atoms with van der Waals surface area (Å²) in [6.45, 7) is 8.89. The molecule has 0 aliphatic heterocycles. The molecular formula is C8H12BrNS. The molecule has 1 rings (SSSR count). The number of halogens is 1. The fourth-order valence-corrected chi connectivity index (χ4v) is 1.65. The van der Waals surface area contributed by atoms with Crippen molar-refractivity contribution < 1.29 is 21.5 Å². The van der Waals surface area contributed by atoms with Crippen molar-refractivity contribution in [3.8, 4) is 0 Å². The van der Waals surface area contributed by atoms with Gasteiger partial charge in [-0.25, -0.2) is 0 Å². The first-order valence-corrected chi connectivity index (χ1v) is 4.18. The summed E-state index contributed by atoms with van der Waals surface area (Å²) in [5.41, 5.74) is 3.48. The van der Waals surface area contributed by atoms with Crippen LogP contribution in [-0.2, 0) is 6.54 Å². The van der Waals surface area contributed by atoms with Crippen molar-refractivity contribution in [1.29, 1.82) is 0 Å². The Labute approximate surface area is 82.1 Å². The molecule has 0 spiro atoms. The highest BCUT2D eigenvalue weighted by Gasteiger charge is 2.08. The van der Waals surface area contributed by atoms with Gasteiger partial charge >= 0.3 is 0 Å². The lowest BCUT2D eigenvalue weighted by Gasteiger charge is -1.86. The van der Waals surface area contributed by atoms with Crippen LogP contribution in [0.15, 0.2) is 18.2 Å². The van der Waals surface area contributed by atoms with Crippen molar-refractivity contribution in [3.05, 3.63) is 28.7 Å². The van der Waals surface area contributed by atoms with Gasteiger partial charge in [0.1, 0.15) is 0 Å². The van der Waals surface area contributed by atoms with Gasteiger partial charge in [0, 0.05) is 6.92 Å². The number of nitrogens with zero attached hydrogens (tertiary/aromatic N) is 1. The molecule has 0 saturated heterocycles. The van der Waals surface area contributed by atoms with Gasteiger partial charge in [0.15, 0.2) is 12.2 Å². The van der Waals surface area contributed by atoms with Gasteiger partial charge in [-0.15, -0.1) is 0 Å². The molecular weight excluding hydrogens is 222 g/mol. The summed E-state index contributed by atoms with van der Waals surface area (Å²) >= 11 is 1.79. The zero-order valence-electron chi connectivity index (χ0n) is 6.80. The smallest absolute Gasteiger partial charge is 0.225 e. The van der Waals surface area contributed by atoms with Gasteiger partial charge in [0.25, 0.3) is 0 Å². The highest BCUT2D eigenvalue weighted by Crippen LogP contribution is 2.07. The molecule has 0 atom stereocenters. The minimum Gasteiger partial charge on any atom is -1.00 e. The third-order valence-electron chi connectivity index (χ3n) is 1.62. The van der Waals surface area contributed by atoms with Gasteiger partial charge in [0.05, 0.1) is 4.88 Å². The zero-order valence-corrected chi connectivity index (χ0v) is 9.20. The Morgan fingerprint density at radius 3 is 2.64 bits per heavy atom. The number of aromatic nitrogens is 1. The van der Waals surface area contributed by atoms with E-state index >= 15 is 0 Å². The molecule has 0 unspecified atom stereocenters. The molecule has 0 aromatic carbocycles. The lowest BCUT2D eigenvalue weighted by atomic mass is 10.4. The second kappa shape index (κ2) is 4.67. The Balaban J connectivity index is 0.000001000. The van der Waals surface area contributed by atoms with Crippen LogP contribution in [-0.4, -0.2) is 0 Å². The summed E-state index contributed by atoms with van der Waals surface area (Å²) in [5, 5.41) is 0. The molecule has 1 nitrogen and oxygen atoms in total. The maximum absolute atomic E-state index is 3.69. The van der Waals surface area contributed by atoms with E-state index in [2.05, 4.69) is 30.5 Å². The molecule has 1 aromatic rings. The average molecular weight is 234 g/mol. The number of allylic oxidation sites excluding steroid dienone is 1. The lowest BCUT2D eigenvalue weighted by Crippen LogP contribution is -3.00. The fraction of sp³-hybridized carbons (Fsp3) is 0.375. The van der Waals surface area contributed by atoms with Crippen LogP contribution in [0, 0.1) is 13.8 Å². The fourth-order valence-electron chi connectivity index (χ4n) is 0.828. The van der Waals surface area contributed by atoms with Crippen LogP contribution in [0.3, 0.4) is 0 Å². The highest BCUT2D eigenvalue weighted by atomic mass is 79.9. The second-order valence-electron chi connectivity index (χ2n) is 2.31. The van der Waals surface area contributed by atoms with Crippen LogP contribution in [0.25, 0.3) is 0 Å². The summed E-state index contributed by atoms with van der Waals surface area (Å²) in [7, 11) is 0. The van der Waals surface area contributed by atoms with E-state index < -0.39 is 0 Å². The minimum absolute atomic E-state index is 0. The summed E-state index contributed by atoms with van der Waals surface area (Å²) in [4.78, 5) is 1.39. The zero-order chi connectivity index (χ0) is 7.56. The van der Waals surface area contributed by atoms with Gasteiger partial charge in [0.2, 0.25) is 5.51 Å². The standard InChI is InChI=1S/C8H12NS.BrH/c1-4-5-9-6-10-8(3)7(9)2;/h4,6H,1,5H2,2-3H3;1H/q+1;/p-1. The molecule has 3 heteroatoms. The van der Waals surface area contributed by atoms with E-state index in [0.717, 1.165) is 6.54 Å². The highest BCUT2D eigenvalue weighted by molar-refractivity contribution is 7.09. The van der Waals surface area contributed by atoms with Crippen molar-refractivity contribution in [3.63, 3.8) is 0 Å². The average Bonchev–Trinajstić information content (AvgIpc) is 2.20. The SMILES string of the molecule is C=CC[n+]1csc(C)c1C.[Br-]. The van der Waals surface area contributed by atoms with Gasteiger partial charge in [-0.3, -0.25) is 0 Å². The maximum Gasteiger partial charge on any atom is 0.225 e. The molecule has 1 heterocycles.